The third kappa shape index (κ3) is 3.88. The zero-order chi connectivity index (χ0) is 17.6. The smallest absolute Gasteiger partial charge is 0.225 e. The van der Waals surface area contributed by atoms with E-state index in [0.717, 1.165) is 50.3 Å². The van der Waals surface area contributed by atoms with E-state index in [4.69, 9.17) is 0 Å². The summed E-state index contributed by atoms with van der Waals surface area (Å²) < 4.78 is 0. The van der Waals surface area contributed by atoms with Gasteiger partial charge in [-0.2, -0.15) is 0 Å². The summed E-state index contributed by atoms with van der Waals surface area (Å²) in [6.45, 7) is 4.26. The molecular weight excluding hydrogens is 326 g/mol. The lowest BCUT2D eigenvalue weighted by Crippen LogP contribution is -2.47. The van der Waals surface area contributed by atoms with E-state index in [1.165, 1.54) is 5.56 Å². The summed E-state index contributed by atoms with van der Waals surface area (Å²) in [6.07, 6.45) is 5.18. The lowest BCUT2D eigenvalue weighted by molar-refractivity contribution is 0.634. The molecule has 0 unspecified atom stereocenters. The Morgan fingerprint density at radius 1 is 0.808 bits per heavy atom. The standard InChI is InChI=1S/C19H21N7/c1-2-5-16(6-3-1)14-22-17-13-18(24-15-23-17)25-9-11-26(12-10-25)19-20-7-4-8-21-19/h1-8,13,15H,9-12,14H2,(H,22,23,24). The lowest BCUT2D eigenvalue weighted by atomic mass is 10.2. The van der Waals surface area contributed by atoms with Crippen molar-refractivity contribution in [2.24, 2.45) is 0 Å². The molecule has 2 aromatic heterocycles. The first-order valence-corrected chi connectivity index (χ1v) is 8.75. The van der Waals surface area contributed by atoms with Crippen molar-refractivity contribution in [1.82, 2.24) is 19.9 Å². The number of nitrogens with zero attached hydrogens (tertiary/aromatic N) is 6. The summed E-state index contributed by atoms with van der Waals surface area (Å²) in [5, 5.41) is 3.37. The van der Waals surface area contributed by atoms with Gasteiger partial charge in [-0.1, -0.05) is 30.3 Å². The van der Waals surface area contributed by atoms with E-state index >= 15 is 0 Å². The Balaban J connectivity index is 1.36. The van der Waals surface area contributed by atoms with Crippen LogP contribution in [0.25, 0.3) is 0 Å². The molecule has 0 spiro atoms. The fourth-order valence-corrected chi connectivity index (χ4v) is 3.00. The first-order chi connectivity index (χ1) is 12.9. The zero-order valence-electron chi connectivity index (χ0n) is 14.5. The quantitative estimate of drug-likeness (QED) is 0.759. The minimum Gasteiger partial charge on any atom is -0.366 e. The first kappa shape index (κ1) is 16.3. The second-order valence-corrected chi connectivity index (χ2v) is 6.12. The van der Waals surface area contributed by atoms with E-state index in [2.05, 4.69) is 47.2 Å². The maximum absolute atomic E-state index is 4.44. The lowest BCUT2D eigenvalue weighted by Gasteiger charge is -2.35. The van der Waals surface area contributed by atoms with Crippen LogP contribution in [0.5, 0.6) is 0 Å². The number of anilines is 3. The van der Waals surface area contributed by atoms with Gasteiger partial charge in [0.1, 0.15) is 18.0 Å². The minimum absolute atomic E-state index is 0.746. The Bertz CT molecular complexity index is 818. The molecule has 0 bridgehead atoms. The molecule has 132 valence electrons. The maximum Gasteiger partial charge on any atom is 0.225 e. The van der Waals surface area contributed by atoms with Crippen molar-refractivity contribution in [3.05, 3.63) is 66.7 Å². The summed E-state index contributed by atoms with van der Waals surface area (Å²) in [7, 11) is 0. The average molecular weight is 347 g/mol. The van der Waals surface area contributed by atoms with Crippen molar-refractivity contribution in [2.45, 2.75) is 6.54 Å². The molecule has 1 fully saturated rings. The second-order valence-electron chi connectivity index (χ2n) is 6.12. The van der Waals surface area contributed by atoms with Gasteiger partial charge in [-0.3, -0.25) is 0 Å². The van der Waals surface area contributed by atoms with Crippen LogP contribution in [0.4, 0.5) is 17.6 Å². The van der Waals surface area contributed by atoms with Crippen molar-refractivity contribution >= 4 is 17.6 Å². The molecule has 1 aliphatic heterocycles. The van der Waals surface area contributed by atoms with E-state index in [1.54, 1.807) is 18.7 Å². The van der Waals surface area contributed by atoms with Crippen molar-refractivity contribution in [2.75, 3.05) is 41.3 Å². The fourth-order valence-electron chi connectivity index (χ4n) is 3.00. The van der Waals surface area contributed by atoms with E-state index < -0.39 is 0 Å². The second kappa shape index (κ2) is 7.77. The van der Waals surface area contributed by atoms with Crippen LogP contribution in [0.1, 0.15) is 5.56 Å². The fraction of sp³-hybridized carbons (Fsp3) is 0.263. The van der Waals surface area contributed by atoms with Crippen molar-refractivity contribution in [1.29, 1.82) is 0 Å². The molecule has 0 atom stereocenters. The van der Waals surface area contributed by atoms with Crippen molar-refractivity contribution in [3.8, 4) is 0 Å². The van der Waals surface area contributed by atoms with Crippen LogP contribution < -0.4 is 15.1 Å². The van der Waals surface area contributed by atoms with Gasteiger partial charge >= 0.3 is 0 Å². The number of rotatable bonds is 5. The maximum atomic E-state index is 4.44. The average Bonchev–Trinajstić information content (AvgIpc) is 2.74. The monoisotopic (exact) mass is 347 g/mol. The Hall–Kier alpha value is -3.22. The van der Waals surface area contributed by atoms with E-state index in [-0.39, 0.29) is 0 Å². The van der Waals surface area contributed by atoms with Crippen LogP contribution in [0.2, 0.25) is 0 Å². The summed E-state index contributed by atoms with van der Waals surface area (Å²) in [5.74, 6) is 2.58. The molecule has 1 aliphatic rings. The van der Waals surface area contributed by atoms with Crippen LogP contribution in [0.15, 0.2) is 61.2 Å². The van der Waals surface area contributed by atoms with Gasteiger partial charge in [0.2, 0.25) is 5.95 Å². The molecule has 0 radical (unpaired) electrons. The van der Waals surface area contributed by atoms with Crippen LogP contribution in [-0.4, -0.2) is 46.1 Å². The molecular formula is C19H21N7. The number of piperazine rings is 1. The minimum atomic E-state index is 0.746. The molecule has 1 aromatic carbocycles. The van der Waals surface area contributed by atoms with Crippen LogP contribution >= 0.6 is 0 Å². The van der Waals surface area contributed by atoms with Gasteiger partial charge in [-0.25, -0.2) is 19.9 Å². The molecule has 3 aromatic rings. The summed E-state index contributed by atoms with van der Waals surface area (Å²) in [6, 6.07) is 14.1. The van der Waals surface area contributed by atoms with Crippen molar-refractivity contribution < 1.29 is 0 Å². The number of hydrogen-bond donors (Lipinski definition) is 1. The predicted molar refractivity (Wildman–Crippen MR) is 102 cm³/mol. The van der Waals surface area contributed by atoms with Crippen LogP contribution in [0, 0.1) is 0 Å². The van der Waals surface area contributed by atoms with Gasteiger partial charge < -0.3 is 15.1 Å². The third-order valence-electron chi connectivity index (χ3n) is 4.41. The number of benzene rings is 1. The molecule has 0 amide bonds. The Morgan fingerprint density at radius 2 is 1.54 bits per heavy atom. The molecule has 7 heteroatoms. The van der Waals surface area contributed by atoms with Gasteiger partial charge in [0.15, 0.2) is 0 Å². The Morgan fingerprint density at radius 3 is 2.31 bits per heavy atom. The Labute approximate surface area is 152 Å². The molecule has 4 rings (SSSR count). The van der Waals surface area contributed by atoms with E-state index in [9.17, 15) is 0 Å². The highest BCUT2D eigenvalue weighted by Crippen LogP contribution is 2.18. The van der Waals surface area contributed by atoms with Gasteiger partial charge in [0.25, 0.3) is 0 Å². The summed E-state index contributed by atoms with van der Waals surface area (Å²) in [4.78, 5) is 21.9. The largest absolute Gasteiger partial charge is 0.366 e. The molecule has 3 heterocycles. The van der Waals surface area contributed by atoms with E-state index in [0.29, 0.717) is 0 Å². The number of nitrogens with one attached hydrogen (secondary N) is 1. The SMILES string of the molecule is c1ccc(CNc2cc(N3CCN(c4ncccn4)CC3)ncn2)cc1. The molecule has 1 N–H and O–H groups in total. The zero-order valence-corrected chi connectivity index (χ0v) is 14.5. The number of aromatic nitrogens is 4. The normalized spacial score (nSPS) is 14.3. The van der Waals surface area contributed by atoms with Crippen LogP contribution in [0.3, 0.4) is 0 Å². The van der Waals surface area contributed by atoms with Gasteiger partial charge in [-0.05, 0) is 11.6 Å². The molecule has 1 saturated heterocycles. The number of hydrogen-bond acceptors (Lipinski definition) is 7. The van der Waals surface area contributed by atoms with E-state index in [1.807, 2.05) is 30.3 Å². The molecule has 7 nitrogen and oxygen atoms in total. The highest BCUT2D eigenvalue weighted by molar-refractivity contribution is 5.50. The summed E-state index contributed by atoms with van der Waals surface area (Å²) in [5.41, 5.74) is 1.23. The molecule has 26 heavy (non-hydrogen) atoms. The predicted octanol–water partition coefficient (Wildman–Crippen LogP) is 2.21. The molecule has 0 saturated carbocycles. The topological polar surface area (TPSA) is 70.1 Å². The molecule has 0 aliphatic carbocycles. The highest BCUT2D eigenvalue weighted by atomic mass is 15.3. The third-order valence-corrected chi connectivity index (χ3v) is 4.41. The first-order valence-electron chi connectivity index (χ1n) is 8.75. The van der Waals surface area contributed by atoms with Crippen molar-refractivity contribution in [3.63, 3.8) is 0 Å². The van der Waals surface area contributed by atoms with Gasteiger partial charge in [0.05, 0.1) is 0 Å². The Kier molecular flexibility index (Phi) is 4.86. The van der Waals surface area contributed by atoms with Gasteiger partial charge in [0, 0.05) is 51.2 Å². The summed E-state index contributed by atoms with van der Waals surface area (Å²) >= 11 is 0. The highest BCUT2D eigenvalue weighted by Gasteiger charge is 2.20. The van der Waals surface area contributed by atoms with Crippen LogP contribution in [-0.2, 0) is 6.54 Å². The van der Waals surface area contributed by atoms with Gasteiger partial charge in [-0.15, -0.1) is 0 Å².